The first-order valence-corrected chi connectivity index (χ1v) is 18.8. The molecule has 0 spiro atoms. The molecule has 0 aromatic heterocycles. The molecule has 0 aromatic carbocycles. The van der Waals surface area contributed by atoms with Crippen LogP contribution in [-0.2, 0) is 9.59 Å². The summed E-state index contributed by atoms with van der Waals surface area (Å²) in [4.78, 5) is 23.5. The molecule has 0 heterocycles. The number of hydrogen-bond acceptors (Lipinski definition) is 2. The van der Waals surface area contributed by atoms with E-state index in [2.05, 4.69) is 31.4 Å². The van der Waals surface area contributed by atoms with E-state index in [1.165, 1.54) is 57.4 Å². The van der Waals surface area contributed by atoms with Crippen LogP contribution in [0.15, 0.2) is 22.3 Å². The number of unbranched alkanes of at least 4 members (excludes halogenated alkanes) is 3. The Hall–Kier alpha value is -0.781. The van der Waals surface area contributed by atoms with Gasteiger partial charge in [0.2, 0.25) is 0 Å². The molecule has 5 heteroatoms. The molecule has 0 aromatic rings. The molecule has 1 atom stereocenters. The molecular formula is C23H40O4Sn. The molecule has 2 N–H and O–H groups in total. The third-order valence-corrected chi connectivity index (χ3v) is 20.9. The van der Waals surface area contributed by atoms with E-state index in [-0.39, 0.29) is 18.8 Å². The molecule has 0 bridgehead atoms. The van der Waals surface area contributed by atoms with Crippen LogP contribution < -0.4 is 0 Å². The van der Waals surface area contributed by atoms with Crippen LogP contribution in [0.2, 0.25) is 13.3 Å². The molecule has 1 rings (SSSR count). The molecule has 1 fully saturated rings. The van der Waals surface area contributed by atoms with Crippen molar-refractivity contribution in [2.45, 2.75) is 91.9 Å². The average molecular weight is 499 g/mol. The van der Waals surface area contributed by atoms with Gasteiger partial charge in [0.25, 0.3) is 0 Å². The Bertz CT molecular complexity index is 531. The van der Waals surface area contributed by atoms with Gasteiger partial charge in [-0.15, -0.1) is 0 Å². The minimum atomic E-state index is -2.51. The van der Waals surface area contributed by atoms with E-state index in [0.717, 1.165) is 0 Å². The van der Waals surface area contributed by atoms with Crippen molar-refractivity contribution >= 4 is 30.3 Å². The molecular weight excluding hydrogens is 459 g/mol. The second-order valence-corrected chi connectivity index (χ2v) is 21.5. The SMILES string of the molecule is C=CC1CC(C(=O)O)(C(=O)O)CC/C1=[CH]\[Sn]([CH2]CCC)([CH2]CCC)[CH2]CCC. The Labute approximate surface area is 175 Å². The van der Waals surface area contributed by atoms with Gasteiger partial charge >= 0.3 is 176 Å². The minimum absolute atomic E-state index is 0.123. The van der Waals surface area contributed by atoms with Crippen molar-refractivity contribution in [3.63, 3.8) is 0 Å². The fourth-order valence-electron chi connectivity index (χ4n) is 4.62. The van der Waals surface area contributed by atoms with Crippen molar-refractivity contribution in [1.82, 2.24) is 0 Å². The Balaban J connectivity index is 3.25. The number of carboxylic acids is 2. The quantitative estimate of drug-likeness (QED) is 0.174. The van der Waals surface area contributed by atoms with Gasteiger partial charge in [-0.25, -0.2) is 0 Å². The normalized spacial score (nSPS) is 20.8. The van der Waals surface area contributed by atoms with Gasteiger partial charge in [-0.3, -0.25) is 0 Å². The van der Waals surface area contributed by atoms with Gasteiger partial charge in [-0.05, 0) is 0 Å². The van der Waals surface area contributed by atoms with Crippen LogP contribution in [0.3, 0.4) is 0 Å². The number of rotatable bonds is 13. The van der Waals surface area contributed by atoms with Crippen LogP contribution in [-0.4, -0.2) is 40.5 Å². The molecule has 0 aliphatic heterocycles. The maximum atomic E-state index is 11.8. The molecule has 1 aliphatic carbocycles. The summed E-state index contributed by atoms with van der Waals surface area (Å²) in [5, 5.41) is 19.2. The Morgan fingerprint density at radius 2 is 1.50 bits per heavy atom. The van der Waals surface area contributed by atoms with Gasteiger partial charge in [0.1, 0.15) is 0 Å². The summed E-state index contributed by atoms with van der Waals surface area (Å²) in [6.07, 6.45) is 10.2. The van der Waals surface area contributed by atoms with Crippen LogP contribution in [0.5, 0.6) is 0 Å². The second-order valence-electron chi connectivity index (χ2n) is 8.63. The van der Waals surface area contributed by atoms with Gasteiger partial charge in [-0.2, -0.15) is 0 Å². The molecule has 1 saturated carbocycles. The molecule has 28 heavy (non-hydrogen) atoms. The van der Waals surface area contributed by atoms with Gasteiger partial charge in [-0.1, -0.05) is 0 Å². The van der Waals surface area contributed by atoms with Crippen LogP contribution in [0, 0.1) is 11.3 Å². The standard InChI is InChI=1S/C11H13O4.3C4H9.Sn/c1-3-8-6-11(9(12)13,10(14)15)5-4-7(8)2;3*1-3-4-2;/h2-3,8H,1,4-6H2,(H,12,13)(H,14,15);3*1,3-4H2,2H3;. The van der Waals surface area contributed by atoms with Crippen LogP contribution in [0.1, 0.15) is 78.6 Å². The summed E-state index contributed by atoms with van der Waals surface area (Å²) in [7, 11) is 0. The van der Waals surface area contributed by atoms with E-state index < -0.39 is 35.7 Å². The Morgan fingerprint density at radius 3 is 1.86 bits per heavy atom. The predicted octanol–water partition coefficient (Wildman–Crippen LogP) is 6.44. The fourth-order valence-corrected chi connectivity index (χ4v) is 20.3. The topological polar surface area (TPSA) is 74.6 Å². The predicted molar refractivity (Wildman–Crippen MR) is 118 cm³/mol. The van der Waals surface area contributed by atoms with Crippen molar-refractivity contribution in [2.75, 3.05) is 0 Å². The number of allylic oxidation sites excluding steroid dienone is 2. The number of carboxylic acid groups (broad SMARTS) is 2. The molecule has 1 unspecified atom stereocenters. The molecule has 0 amide bonds. The summed E-state index contributed by atoms with van der Waals surface area (Å²) in [6.45, 7) is 10.7. The monoisotopic (exact) mass is 500 g/mol. The Morgan fingerprint density at radius 1 is 1.04 bits per heavy atom. The van der Waals surface area contributed by atoms with E-state index in [0.29, 0.717) is 6.42 Å². The summed E-state index contributed by atoms with van der Waals surface area (Å²) in [5.41, 5.74) is -0.364. The first-order valence-electron chi connectivity index (χ1n) is 11.1. The number of aliphatic carboxylic acids is 2. The van der Waals surface area contributed by atoms with E-state index in [1.807, 2.05) is 0 Å². The van der Waals surface area contributed by atoms with Crippen molar-refractivity contribution in [3.8, 4) is 0 Å². The zero-order valence-corrected chi connectivity index (χ0v) is 21.0. The van der Waals surface area contributed by atoms with Gasteiger partial charge in [0.05, 0.1) is 0 Å². The zero-order valence-electron chi connectivity index (χ0n) is 18.1. The van der Waals surface area contributed by atoms with E-state index in [1.54, 1.807) is 6.08 Å². The van der Waals surface area contributed by atoms with Crippen molar-refractivity contribution in [3.05, 3.63) is 22.3 Å². The maximum absolute atomic E-state index is 11.8. The number of carbonyl (C=O) groups is 2. The zero-order chi connectivity index (χ0) is 21.2. The van der Waals surface area contributed by atoms with Crippen molar-refractivity contribution in [1.29, 1.82) is 0 Å². The molecule has 1 aliphatic rings. The first-order chi connectivity index (χ1) is 13.3. The molecule has 4 nitrogen and oxygen atoms in total. The summed E-state index contributed by atoms with van der Waals surface area (Å²) >= 11 is -2.51. The van der Waals surface area contributed by atoms with Crippen molar-refractivity contribution in [2.24, 2.45) is 11.3 Å². The van der Waals surface area contributed by atoms with Crippen LogP contribution >= 0.6 is 0 Å². The van der Waals surface area contributed by atoms with Crippen molar-refractivity contribution < 1.29 is 19.8 Å². The second kappa shape index (κ2) is 12.0. The summed E-state index contributed by atoms with van der Waals surface area (Å²) in [6, 6.07) is 0. The van der Waals surface area contributed by atoms with Gasteiger partial charge in [0, 0.05) is 0 Å². The average Bonchev–Trinajstić information content (AvgIpc) is 2.68. The third kappa shape index (κ3) is 6.36. The van der Waals surface area contributed by atoms with E-state index >= 15 is 0 Å². The third-order valence-electron chi connectivity index (χ3n) is 6.56. The number of hydrogen-bond donors (Lipinski definition) is 2. The Kier molecular flexibility index (Phi) is 10.9. The van der Waals surface area contributed by atoms with Gasteiger partial charge in [0.15, 0.2) is 0 Å². The summed E-state index contributed by atoms with van der Waals surface area (Å²) < 4.78 is 6.72. The molecule has 0 saturated heterocycles. The fraction of sp³-hybridized carbons (Fsp3) is 0.739. The summed E-state index contributed by atoms with van der Waals surface area (Å²) in [5.74, 6) is -2.53. The van der Waals surface area contributed by atoms with Crippen LogP contribution in [0.4, 0.5) is 0 Å². The van der Waals surface area contributed by atoms with E-state index in [9.17, 15) is 19.8 Å². The van der Waals surface area contributed by atoms with Crippen LogP contribution in [0.25, 0.3) is 0 Å². The molecule has 160 valence electrons. The van der Waals surface area contributed by atoms with Gasteiger partial charge < -0.3 is 0 Å². The first kappa shape index (κ1) is 25.3. The van der Waals surface area contributed by atoms with E-state index in [4.69, 9.17) is 0 Å². The molecule has 0 radical (unpaired) electrons.